The van der Waals surface area contributed by atoms with Gasteiger partial charge in [0.1, 0.15) is 0 Å². The Bertz CT molecular complexity index is 539. The van der Waals surface area contributed by atoms with Crippen LogP contribution in [0.1, 0.15) is 60.5 Å². The smallest absolute Gasteiger partial charge is 0.220 e. The van der Waals surface area contributed by atoms with Crippen molar-refractivity contribution in [1.82, 2.24) is 5.32 Å². The van der Waals surface area contributed by atoms with Crippen LogP contribution in [0.5, 0.6) is 0 Å². The molecule has 0 saturated heterocycles. The van der Waals surface area contributed by atoms with Crippen LogP contribution in [0.25, 0.3) is 0 Å². The third-order valence-electron chi connectivity index (χ3n) is 4.20. The molecule has 1 aliphatic rings. The first-order chi connectivity index (χ1) is 10.6. The number of rotatable bonds is 8. The third kappa shape index (κ3) is 4.67. The summed E-state index contributed by atoms with van der Waals surface area (Å²) < 4.78 is 0. The molecule has 0 radical (unpaired) electrons. The van der Waals surface area contributed by atoms with Crippen LogP contribution in [0.15, 0.2) is 18.2 Å². The van der Waals surface area contributed by atoms with Crippen molar-refractivity contribution in [3.8, 4) is 0 Å². The fourth-order valence-corrected chi connectivity index (χ4v) is 2.93. The molecule has 0 fully saturated rings. The summed E-state index contributed by atoms with van der Waals surface area (Å²) in [6, 6.07) is 5.96. The van der Waals surface area contributed by atoms with Crippen molar-refractivity contribution in [3.63, 3.8) is 0 Å². The van der Waals surface area contributed by atoms with Crippen LogP contribution in [-0.2, 0) is 17.6 Å². The Hall–Kier alpha value is -1.68. The first kappa shape index (κ1) is 16.7. The number of amides is 1. The molecule has 1 amide bonds. The van der Waals surface area contributed by atoms with E-state index in [1.165, 1.54) is 17.5 Å². The highest BCUT2D eigenvalue weighted by Gasteiger charge is 2.15. The maximum absolute atomic E-state index is 12.2. The maximum Gasteiger partial charge on any atom is 0.220 e. The van der Waals surface area contributed by atoms with Crippen LogP contribution in [0.2, 0.25) is 0 Å². The molecule has 0 heterocycles. The number of nitrogens with one attached hydrogen (secondary N) is 1. The number of aryl methyl sites for hydroxylation is 2. The molecule has 1 aromatic carbocycles. The van der Waals surface area contributed by atoms with Gasteiger partial charge in [0, 0.05) is 31.1 Å². The number of hydrogen-bond donors (Lipinski definition) is 2. The lowest BCUT2D eigenvalue weighted by atomic mass is 10.0. The van der Waals surface area contributed by atoms with E-state index in [1.807, 2.05) is 25.1 Å². The zero-order valence-corrected chi connectivity index (χ0v) is 13.2. The van der Waals surface area contributed by atoms with E-state index in [9.17, 15) is 9.59 Å². The van der Waals surface area contributed by atoms with E-state index < -0.39 is 0 Å². The van der Waals surface area contributed by atoms with E-state index in [-0.39, 0.29) is 37.2 Å². The van der Waals surface area contributed by atoms with Gasteiger partial charge in [0.2, 0.25) is 5.91 Å². The van der Waals surface area contributed by atoms with Gasteiger partial charge in [-0.3, -0.25) is 9.59 Å². The monoisotopic (exact) mass is 303 g/mol. The van der Waals surface area contributed by atoms with Crippen LogP contribution in [0.3, 0.4) is 0 Å². The minimum absolute atomic E-state index is 0.0351. The summed E-state index contributed by atoms with van der Waals surface area (Å²) in [5.74, 6) is -0.0622. The highest BCUT2D eigenvalue weighted by molar-refractivity contribution is 5.98. The molecular formula is C18H25NO3. The molecule has 0 bridgehead atoms. The maximum atomic E-state index is 12.2. The number of aliphatic hydroxyl groups is 1. The number of fused-ring (bicyclic) bond motifs is 1. The third-order valence-corrected chi connectivity index (χ3v) is 4.20. The molecule has 2 N–H and O–H groups in total. The number of hydrogen-bond acceptors (Lipinski definition) is 3. The lowest BCUT2D eigenvalue weighted by Gasteiger charge is -2.13. The van der Waals surface area contributed by atoms with Gasteiger partial charge in [-0.1, -0.05) is 12.1 Å². The summed E-state index contributed by atoms with van der Waals surface area (Å²) in [6.45, 7) is 2.05. The Balaban J connectivity index is 1.79. The van der Waals surface area contributed by atoms with E-state index in [0.717, 1.165) is 24.8 Å². The molecule has 0 aliphatic heterocycles. The van der Waals surface area contributed by atoms with Crippen molar-refractivity contribution in [1.29, 1.82) is 0 Å². The van der Waals surface area contributed by atoms with Gasteiger partial charge in [-0.2, -0.15) is 0 Å². The van der Waals surface area contributed by atoms with Crippen molar-refractivity contribution >= 4 is 11.7 Å². The lowest BCUT2D eigenvalue weighted by molar-refractivity contribution is -0.121. The topological polar surface area (TPSA) is 66.4 Å². The zero-order chi connectivity index (χ0) is 15.9. The molecule has 4 heteroatoms. The van der Waals surface area contributed by atoms with Crippen molar-refractivity contribution in [2.45, 2.75) is 57.9 Å². The number of aliphatic hydroxyl groups excluding tert-OH is 1. The summed E-state index contributed by atoms with van der Waals surface area (Å²) in [7, 11) is 0. The molecule has 0 spiro atoms. The number of carbonyl (C=O) groups is 2. The second-order valence-electron chi connectivity index (χ2n) is 6.09. The van der Waals surface area contributed by atoms with E-state index in [1.54, 1.807) is 0 Å². The molecular weight excluding hydrogens is 278 g/mol. The van der Waals surface area contributed by atoms with E-state index >= 15 is 0 Å². The number of carbonyl (C=O) groups excluding carboxylic acids is 2. The predicted molar refractivity (Wildman–Crippen MR) is 86.0 cm³/mol. The predicted octanol–water partition coefficient (Wildman–Crippen LogP) is 2.42. The molecule has 120 valence electrons. The molecule has 4 nitrogen and oxygen atoms in total. The van der Waals surface area contributed by atoms with Gasteiger partial charge in [0.15, 0.2) is 5.78 Å². The Kier molecular flexibility index (Phi) is 6.13. The van der Waals surface area contributed by atoms with Crippen LogP contribution in [0, 0.1) is 0 Å². The van der Waals surface area contributed by atoms with Gasteiger partial charge in [0.25, 0.3) is 0 Å². The lowest BCUT2D eigenvalue weighted by Crippen LogP contribution is -2.32. The van der Waals surface area contributed by atoms with Gasteiger partial charge in [-0.05, 0) is 56.2 Å². The van der Waals surface area contributed by atoms with Crippen molar-refractivity contribution in [2.24, 2.45) is 0 Å². The Morgan fingerprint density at radius 2 is 2.00 bits per heavy atom. The first-order valence-corrected chi connectivity index (χ1v) is 8.15. The average molecular weight is 303 g/mol. The van der Waals surface area contributed by atoms with Gasteiger partial charge < -0.3 is 10.4 Å². The van der Waals surface area contributed by atoms with Gasteiger partial charge in [0.05, 0.1) is 0 Å². The largest absolute Gasteiger partial charge is 0.396 e. The van der Waals surface area contributed by atoms with Gasteiger partial charge in [-0.15, -0.1) is 0 Å². The quantitative estimate of drug-likeness (QED) is 0.725. The minimum Gasteiger partial charge on any atom is -0.396 e. The molecule has 0 saturated carbocycles. The van der Waals surface area contributed by atoms with Crippen molar-refractivity contribution in [2.75, 3.05) is 6.61 Å². The zero-order valence-electron chi connectivity index (χ0n) is 13.2. The standard InChI is InChI=1S/C18H25NO3/c1-13(4-3-11-20)19-18(22)10-9-17(21)16-8-7-14-5-2-6-15(14)12-16/h7-8,12-13,20H,2-6,9-11H2,1H3,(H,19,22). The summed E-state index contributed by atoms with van der Waals surface area (Å²) in [5.41, 5.74) is 3.36. The number of benzene rings is 1. The van der Waals surface area contributed by atoms with Crippen LogP contribution in [0.4, 0.5) is 0 Å². The van der Waals surface area contributed by atoms with Gasteiger partial charge >= 0.3 is 0 Å². The number of ketones is 1. The Labute approximate surface area is 131 Å². The highest BCUT2D eigenvalue weighted by Crippen LogP contribution is 2.23. The minimum atomic E-state index is -0.0973. The fourth-order valence-electron chi connectivity index (χ4n) is 2.93. The first-order valence-electron chi connectivity index (χ1n) is 8.15. The van der Waals surface area contributed by atoms with Crippen molar-refractivity contribution in [3.05, 3.63) is 34.9 Å². The SMILES string of the molecule is CC(CCCO)NC(=O)CCC(=O)c1ccc2c(c1)CCC2. The van der Waals surface area contributed by atoms with Crippen molar-refractivity contribution < 1.29 is 14.7 Å². The molecule has 2 rings (SSSR count). The average Bonchev–Trinajstić information content (AvgIpc) is 2.98. The molecule has 1 unspecified atom stereocenters. The van der Waals surface area contributed by atoms with Gasteiger partial charge in [-0.25, -0.2) is 0 Å². The Morgan fingerprint density at radius 1 is 1.23 bits per heavy atom. The van der Waals surface area contributed by atoms with Crippen LogP contribution >= 0.6 is 0 Å². The summed E-state index contributed by atoms with van der Waals surface area (Å²) in [5, 5.41) is 11.6. The normalized spacial score (nSPS) is 14.5. The molecule has 1 atom stereocenters. The van der Waals surface area contributed by atoms with E-state index in [4.69, 9.17) is 5.11 Å². The molecule has 0 aromatic heterocycles. The van der Waals surface area contributed by atoms with Crippen LogP contribution < -0.4 is 5.32 Å². The second kappa shape index (κ2) is 8.08. The number of Topliss-reactive ketones (excluding diaryl/α,β-unsaturated/α-hetero) is 1. The molecule has 1 aliphatic carbocycles. The highest BCUT2D eigenvalue weighted by atomic mass is 16.3. The molecule has 1 aromatic rings. The summed E-state index contributed by atoms with van der Waals surface area (Å²) in [6.07, 6.45) is 5.23. The van der Waals surface area contributed by atoms with Crippen LogP contribution in [-0.4, -0.2) is 29.4 Å². The second-order valence-corrected chi connectivity index (χ2v) is 6.09. The summed E-state index contributed by atoms with van der Waals surface area (Å²) >= 11 is 0. The fraction of sp³-hybridized carbons (Fsp3) is 0.556. The Morgan fingerprint density at radius 3 is 2.77 bits per heavy atom. The van der Waals surface area contributed by atoms with E-state index in [0.29, 0.717) is 6.42 Å². The summed E-state index contributed by atoms with van der Waals surface area (Å²) in [4.78, 5) is 24.0. The van der Waals surface area contributed by atoms with E-state index in [2.05, 4.69) is 5.32 Å². The molecule has 22 heavy (non-hydrogen) atoms.